The van der Waals surface area contributed by atoms with Crippen LogP contribution in [0.5, 0.6) is 5.75 Å². The van der Waals surface area contributed by atoms with Gasteiger partial charge in [-0.2, -0.15) is 0 Å². The number of ether oxygens (including phenoxy) is 1. The minimum Gasteiger partial charge on any atom is -0.497 e. The van der Waals surface area contributed by atoms with Crippen LogP contribution in [0.15, 0.2) is 48.8 Å². The molecule has 0 aliphatic carbocycles. The number of pyridine rings is 1. The molecule has 7 heteroatoms. The average Bonchev–Trinajstić information content (AvgIpc) is 3.30. The van der Waals surface area contributed by atoms with Crippen molar-refractivity contribution in [1.29, 1.82) is 0 Å². The number of benzene rings is 1. The van der Waals surface area contributed by atoms with Crippen molar-refractivity contribution in [2.45, 2.75) is 33.4 Å². The molecule has 4 rings (SSSR count). The maximum Gasteiger partial charge on any atom is 0.179 e. The molecular weight excluding hydrogens is 386 g/mol. The van der Waals surface area contributed by atoms with Crippen molar-refractivity contribution >= 4 is 28.5 Å². The normalized spacial score (nSPS) is 13.8. The molecular formula is C22H26ClN5O. The van der Waals surface area contributed by atoms with Crippen molar-refractivity contribution in [3.05, 3.63) is 59.8 Å². The molecule has 0 atom stereocenters. The quantitative estimate of drug-likeness (QED) is 0.518. The van der Waals surface area contributed by atoms with Crippen LogP contribution in [0.3, 0.4) is 0 Å². The number of hydrogen-bond donors (Lipinski definition) is 0. The maximum atomic E-state index is 6.09. The molecule has 1 aliphatic rings. The van der Waals surface area contributed by atoms with E-state index in [4.69, 9.17) is 21.3 Å². The Morgan fingerprint density at radius 3 is 2.59 bits per heavy atom. The van der Waals surface area contributed by atoms with Gasteiger partial charge in [0.15, 0.2) is 5.65 Å². The van der Waals surface area contributed by atoms with Gasteiger partial charge in [0.1, 0.15) is 16.7 Å². The van der Waals surface area contributed by atoms with E-state index >= 15 is 0 Å². The molecule has 0 saturated carbocycles. The number of nitrogens with zero attached hydrogens (tertiary/aromatic N) is 5. The third-order valence-electron chi connectivity index (χ3n) is 5.13. The van der Waals surface area contributed by atoms with Crippen LogP contribution in [-0.2, 0) is 13.1 Å². The van der Waals surface area contributed by atoms with Crippen molar-refractivity contribution < 1.29 is 4.74 Å². The molecule has 2 aromatic heterocycles. The lowest BCUT2D eigenvalue weighted by atomic mass is 10.1. The SMILES string of the molecule is COc1ccc(N2C=CN(Cc3nc4nc(Cl)ccc4n3CCC(C)C)C2)cc1. The van der Waals surface area contributed by atoms with Crippen LogP contribution in [0, 0.1) is 5.92 Å². The Kier molecular flexibility index (Phi) is 5.62. The first kappa shape index (κ1) is 19.6. The summed E-state index contributed by atoms with van der Waals surface area (Å²) in [4.78, 5) is 13.7. The van der Waals surface area contributed by atoms with Crippen LogP contribution in [0.4, 0.5) is 5.69 Å². The first-order chi connectivity index (χ1) is 14.0. The third-order valence-corrected chi connectivity index (χ3v) is 5.34. The van der Waals surface area contributed by atoms with Gasteiger partial charge in [0.25, 0.3) is 0 Å². The molecule has 0 radical (unpaired) electrons. The summed E-state index contributed by atoms with van der Waals surface area (Å²) in [6.45, 7) is 6.89. The van der Waals surface area contributed by atoms with Crippen LogP contribution in [0.1, 0.15) is 26.1 Å². The van der Waals surface area contributed by atoms with Crippen LogP contribution < -0.4 is 9.64 Å². The summed E-state index contributed by atoms with van der Waals surface area (Å²) in [5, 5.41) is 0.476. The van der Waals surface area contributed by atoms with E-state index in [0.717, 1.165) is 49.0 Å². The zero-order chi connectivity index (χ0) is 20.4. The Hall–Kier alpha value is -2.73. The Bertz CT molecular complexity index is 1010. The topological polar surface area (TPSA) is 46.4 Å². The van der Waals surface area contributed by atoms with E-state index < -0.39 is 0 Å². The molecule has 6 nitrogen and oxygen atoms in total. The summed E-state index contributed by atoms with van der Waals surface area (Å²) in [6, 6.07) is 11.9. The fraction of sp³-hybridized carbons (Fsp3) is 0.364. The minimum atomic E-state index is 0.476. The Balaban J connectivity index is 1.52. The fourth-order valence-electron chi connectivity index (χ4n) is 3.48. The second-order valence-corrected chi connectivity index (χ2v) is 8.08. The standard InChI is InChI=1S/C22H26ClN5O/c1-16(2)10-11-28-19-8-9-20(23)24-22(19)25-21(28)14-26-12-13-27(15-26)17-4-6-18(29-3)7-5-17/h4-9,12-13,16H,10-11,14-15H2,1-3H3. The highest BCUT2D eigenvalue weighted by molar-refractivity contribution is 6.29. The maximum absolute atomic E-state index is 6.09. The number of aromatic nitrogens is 3. The van der Waals surface area contributed by atoms with E-state index in [1.807, 2.05) is 24.3 Å². The largest absolute Gasteiger partial charge is 0.497 e. The van der Waals surface area contributed by atoms with Crippen molar-refractivity contribution in [3.8, 4) is 5.75 Å². The second-order valence-electron chi connectivity index (χ2n) is 7.69. The highest BCUT2D eigenvalue weighted by atomic mass is 35.5. The molecule has 0 spiro atoms. The van der Waals surface area contributed by atoms with Gasteiger partial charge in [0.2, 0.25) is 0 Å². The van der Waals surface area contributed by atoms with Gasteiger partial charge in [-0.05, 0) is 48.7 Å². The van der Waals surface area contributed by atoms with Crippen LogP contribution in [0.2, 0.25) is 5.15 Å². The molecule has 0 unspecified atom stereocenters. The van der Waals surface area contributed by atoms with Crippen molar-refractivity contribution in [2.24, 2.45) is 5.92 Å². The van der Waals surface area contributed by atoms with Gasteiger partial charge in [-0.1, -0.05) is 25.4 Å². The number of halogens is 1. The molecule has 3 heterocycles. The van der Waals surface area contributed by atoms with Crippen LogP contribution in [0.25, 0.3) is 11.2 Å². The highest BCUT2D eigenvalue weighted by Crippen LogP contribution is 2.25. The minimum absolute atomic E-state index is 0.476. The molecule has 3 aromatic rings. The summed E-state index contributed by atoms with van der Waals surface area (Å²) in [5.74, 6) is 2.49. The Morgan fingerprint density at radius 2 is 1.86 bits per heavy atom. The van der Waals surface area contributed by atoms with E-state index in [1.54, 1.807) is 7.11 Å². The van der Waals surface area contributed by atoms with Gasteiger partial charge < -0.3 is 19.1 Å². The molecule has 0 fully saturated rings. The number of rotatable bonds is 7. The summed E-state index contributed by atoms with van der Waals surface area (Å²) in [5.41, 5.74) is 2.89. The van der Waals surface area contributed by atoms with E-state index in [0.29, 0.717) is 16.7 Å². The number of anilines is 1. The monoisotopic (exact) mass is 411 g/mol. The number of aryl methyl sites for hydroxylation is 1. The number of fused-ring (bicyclic) bond motifs is 1. The summed E-state index contributed by atoms with van der Waals surface area (Å²) in [7, 11) is 1.68. The second kappa shape index (κ2) is 8.33. The first-order valence-electron chi connectivity index (χ1n) is 9.88. The number of imidazole rings is 1. The van der Waals surface area contributed by atoms with E-state index in [9.17, 15) is 0 Å². The van der Waals surface area contributed by atoms with Gasteiger partial charge in [-0.25, -0.2) is 9.97 Å². The molecule has 152 valence electrons. The van der Waals surface area contributed by atoms with Gasteiger partial charge in [-0.3, -0.25) is 0 Å². The van der Waals surface area contributed by atoms with Crippen molar-refractivity contribution in [1.82, 2.24) is 19.4 Å². The molecule has 29 heavy (non-hydrogen) atoms. The average molecular weight is 412 g/mol. The molecule has 0 bridgehead atoms. The Labute approximate surface area is 176 Å². The molecule has 1 aromatic carbocycles. The van der Waals surface area contributed by atoms with Gasteiger partial charge in [0, 0.05) is 24.6 Å². The predicted molar refractivity (Wildman–Crippen MR) is 117 cm³/mol. The lowest BCUT2D eigenvalue weighted by molar-refractivity contribution is 0.376. The first-order valence-corrected chi connectivity index (χ1v) is 10.3. The van der Waals surface area contributed by atoms with Gasteiger partial charge in [-0.15, -0.1) is 0 Å². The lowest BCUT2D eigenvalue weighted by Crippen LogP contribution is -2.26. The molecule has 1 aliphatic heterocycles. The zero-order valence-corrected chi connectivity index (χ0v) is 17.8. The van der Waals surface area contributed by atoms with Crippen molar-refractivity contribution in [2.75, 3.05) is 18.7 Å². The van der Waals surface area contributed by atoms with E-state index in [-0.39, 0.29) is 0 Å². The Morgan fingerprint density at radius 1 is 1.07 bits per heavy atom. The van der Waals surface area contributed by atoms with Gasteiger partial charge in [0.05, 0.1) is 25.8 Å². The summed E-state index contributed by atoms with van der Waals surface area (Å²) < 4.78 is 7.53. The lowest BCUT2D eigenvalue weighted by Gasteiger charge is -2.22. The highest BCUT2D eigenvalue weighted by Gasteiger charge is 2.19. The number of methoxy groups -OCH3 is 1. The molecule has 0 amide bonds. The fourth-order valence-corrected chi connectivity index (χ4v) is 3.62. The molecule has 0 saturated heterocycles. The zero-order valence-electron chi connectivity index (χ0n) is 17.0. The number of hydrogen-bond acceptors (Lipinski definition) is 5. The van der Waals surface area contributed by atoms with E-state index in [2.05, 4.69) is 57.7 Å². The smallest absolute Gasteiger partial charge is 0.179 e. The summed E-state index contributed by atoms with van der Waals surface area (Å²) in [6.07, 6.45) is 5.30. The van der Waals surface area contributed by atoms with Crippen LogP contribution >= 0.6 is 11.6 Å². The van der Waals surface area contributed by atoms with Crippen LogP contribution in [-0.4, -0.2) is 33.2 Å². The summed E-state index contributed by atoms with van der Waals surface area (Å²) >= 11 is 6.09. The predicted octanol–water partition coefficient (Wildman–Crippen LogP) is 4.89. The van der Waals surface area contributed by atoms with E-state index in [1.165, 1.54) is 0 Å². The molecule has 0 N–H and O–H groups in total. The van der Waals surface area contributed by atoms with Crippen molar-refractivity contribution in [3.63, 3.8) is 0 Å². The third kappa shape index (κ3) is 4.32. The van der Waals surface area contributed by atoms with Gasteiger partial charge >= 0.3 is 0 Å².